The molecule has 0 aromatic carbocycles. The third kappa shape index (κ3) is 5.41. The van der Waals surface area contributed by atoms with E-state index in [-0.39, 0.29) is 5.91 Å². The molecule has 1 aromatic rings. The monoisotopic (exact) mass is 428 g/mol. The highest BCUT2D eigenvalue weighted by Gasteiger charge is 2.38. The van der Waals surface area contributed by atoms with Crippen molar-refractivity contribution in [3.05, 3.63) is 29.9 Å². The molecule has 4 rings (SSSR count). The Morgan fingerprint density at radius 2 is 1.83 bits per heavy atom. The van der Waals surface area contributed by atoms with Crippen LogP contribution in [0.2, 0.25) is 0 Å². The number of amides is 1. The van der Waals surface area contributed by atoms with Crippen LogP contribution in [0, 0.1) is 5.92 Å². The fraction of sp³-hybridized carbons (Fsp3) is 0.650. The summed E-state index contributed by atoms with van der Waals surface area (Å²) >= 11 is 0. The van der Waals surface area contributed by atoms with Crippen molar-refractivity contribution in [3.8, 4) is 0 Å². The van der Waals surface area contributed by atoms with Crippen molar-refractivity contribution in [3.63, 3.8) is 0 Å². The second-order valence-corrected chi connectivity index (χ2v) is 8.00. The summed E-state index contributed by atoms with van der Waals surface area (Å²) in [6.45, 7) is 7.06. The number of rotatable bonds is 4. The van der Waals surface area contributed by atoms with Gasteiger partial charge in [-0.3, -0.25) is 9.69 Å². The number of carbonyl (C=O) groups is 2. The number of imidazole rings is 1. The van der Waals surface area contributed by atoms with Crippen LogP contribution >= 0.6 is 0 Å². The smallest absolute Gasteiger partial charge is 0.475 e. The zero-order valence-corrected chi connectivity index (χ0v) is 16.9. The maximum absolute atomic E-state index is 12.3. The zero-order valence-electron chi connectivity index (χ0n) is 16.9. The van der Waals surface area contributed by atoms with E-state index < -0.39 is 12.1 Å². The summed E-state index contributed by atoms with van der Waals surface area (Å²) in [4.78, 5) is 30.4. The van der Waals surface area contributed by atoms with Crippen LogP contribution in [0.25, 0.3) is 0 Å². The molecular formula is C20H27F3N4O3. The molecule has 0 spiro atoms. The van der Waals surface area contributed by atoms with Crippen molar-refractivity contribution in [2.75, 3.05) is 26.2 Å². The van der Waals surface area contributed by atoms with Crippen LogP contribution < -0.4 is 0 Å². The summed E-state index contributed by atoms with van der Waals surface area (Å²) in [6.07, 6.45) is 5.72. The normalized spacial score (nSPS) is 21.6. The number of nitrogens with zero attached hydrogens (tertiary/aromatic N) is 4. The van der Waals surface area contributed by atoms with Crippen molar-refractivity contribution in [1.82, 2.24) is 19.4 Å². The number of alkyl halides is 3. The first-order chi connectivity index (χ1) is 14.1. The molecule has 1 saturated carbocycles. The highest BCUT2D eigenvalue weighted by molar-refractivity contribution is 5.79. The molecule has 10 heteroatoms. The molecule has 166 valence electrons. The Morgan fingerprint density at radius 3 is 2.37 bits per heavy atom. The molecule has 7 nitrogen and oxygen atoms in total. The minimum absolute atomic E-state index is 0.185. The van der Waals surface area contributed by atoms with Crippen LogP contribution in [0.3, 0.4) is 0 Å². The van der Waals surface area contributed by atoms with Crippen molar-refractivity contribution >= 4 is 11.9 Å². The van der Waals surface area contributed by atoms with Crippen LogP contribution in [-0.2, 0) is 22.6 Å². The van der Waals surface area contributed by atoms with E-state index in [1.165, 1.54) is 25.8 Å². The lowest BCUT2D eigenvalue weighted by atomic mass is 9.84. The molecule has 1 aromatic heterocycles. The number of aromatic nitrogens is 2. The fourth-order valence-corrected chi connectivity index (χ4v) is 3.88. The molecule has 1 N–H and O–H groups in total. The van der Waals surface area contributed by atoms with Gasteiger partial charge in [0.25, 0.3) is 0 Å². The van der Waals surface area contributed by atoms with Gasteiger partial charge < -0.3 is 14.6 Å². The van der Waals surface area contributed by atoms with E-state index in [1.807, 2.05) is 4.90 Å². The molecule has 2 aliphatic heterocycles. The van der Waals surface area contributed by atoms with E-state index in [4.69, 9.17) is 14.9 Å². The largest absolute Gasteiger partial charge is 0.490 e. The highest BCUT2D eigenvalue weighted by atomic mass is 19.4. The Morgan fingerprint density at radius 1 is 1.20 bits per heavy atom. The average Bonchev–Trinajstić information content (AvgIpc) is 3.29. The topological polar surface area (TPSA) is 78.7 Å². The quantitative estimate of drug-likeness (QED) is 0.746. The molecule has 1 atom stereocenters. The number of fused-ring (bicyclic) bond motifs is 1. The number of aliphatic carboxylic acids is 1. The van der Waals surface area contributed by atoms with Crippen LogP contribution in [0.1, 0.15) is 43.7 Å². The van der Waals surface area contributed by atoms with E-state index >= 15 is 0 Å². The van der Waals surface area contributed by atoms with Crippen LogP contribution in [0.15, 0.2) is 18.3 Å². The van der Waals surface area contributed by atoms with Gasteiger partial charge in [-0.25, -0.2) is 9.78 Å². The van der Waals surface area contributed by atoms with Crippen molar-refractivity contribution in [1.29, 1.82) is 0 Å². The molecule has 0 saturated heterocycles. The van der Waals surface area contributed by atoms with Gasteiger partial charge in [-0.1, -0.05) is 18.6 Å². The third-order valence-corrected chi connectivity index (χ3v) is 5.87. The van der Waals surface area contributed by atoms with E-state index in [9.17, 15) is 18.0 Å². The first-order valence-corrected chi connectivity index (χ1v) is 10.2. The van der Waals surface area contributed by atoms with Gasteiger partial charge in [0.05, 0.1) is 18.2 Å². The lowest BCUT2D eigenvalue weighted by molar-refractivity contribution is -0.192. The van der Waals surface area contributed by atoms with Crippen LogP contribution in [-0.4, -0.2) is 68.7 Å². The van der Waals surface area contributed by atoms with Gasteiger partial charge in [0, 0.05) is 38.9 Å². The van der Waals surface area contributed by atoms with E-state index in [2.05, 4.69) is 34.7 Å². The lowest BCUT2D eigenvalue weighted by Crippen LogP contribution is -2.41. The first-order valence-electron chi connectivity index (χ1n) is 10.2. The van der Waals surface area contributed by atoms with Gasteiger partial charge in [0.2, 0.25) is 5.91 Å². The molecule has 3 heterocycles. The third-order valence-electron chi connectivity index (χ3n) is 5.87. The summed E-state index contributed by atoms with van der Waals surface area (Å²) in [5.41, 5.74) is 0.925. The Balaban J connectivity index is 0.000000318. The Bertz CT molecular complexity index is 794. The summed E-state index contributed by atoms with van der Waals surface area (Å²) in [5, 5.41) is 7.12. The summed E-state index contributed by atoms with van der Waals surface area (Å²) in [6, 6.07) is 0.363. The molecule has 1 amide bonds. The molecule has 3 aliphatic rings. The first kappa shape index (κ1) is 22.3. The number of halogens is 3. The number of hydrogen-bond acceptors (Lipinski definition) is 4. The maximum Gasteiger partial charge on any atom is 0.490 e. The second kappa shape index (κ2) is 9.20. The summed E-state index contributed by atoms with van der Waals surface area (Å²) < 4.78 is 34.0. The lowest BCUT2D eigenvalue weighted by Gasteiger charge is -2.38. The number of carboxylic acids is 1. The van der Waals surface area contributed by atoms with Crippen molar-refractivity contribution < 1.29 is 27.9 Å². The van der Waals surface area contributed by atoms with E-state index in [1.54, 1.807) is 0 Å². The zero-order chi connectivity index (χ0) is 21.9. The molecular weight excluding hydrogens is 401 g/mol. The van der Waals surface area contributed by atoms with Crippen molar-refractivity contribution in [2.45, 2.75) is 51.4 Å². The maximum atomic E-state index is 12.3. The molecule has 1 aliphatic carbocycles. The van der Waals surface area contributed by atoms with Gasteiger partial charge in [-0.2, -0.15) is 13.2 Å². The number of carbonyl (C=O) groups excluding carboxylic acids is 1. The summed E-state index contributed by atoms with van der Waals surface area (Å²) in [5.74, 6) is -0.544. The molecule has 1 fully saturated rings. The minimum Gasteiger partial charge on any atom is -0.475 e. The Kier molecular flexibility index (Phi) is 6.84. The van der Waals surface area contributed by atoms with E-state index in [0.717, 1.165) is 43.6 Å². The van der Waals surface area contributed by atoms with E-state index in [0.29, 0.717) is 12.5 Å². The standard InChI is InChI=1S/C18H26N4O.C2HF3O2/c1-14-18-19-16(11-17(23)20-7-2-3-8-20)13-22(18)10-9-21(14)12-15-5-4-6-15;3-2(4,5)1(6)7/h2-3,13-15H,4-12H2,1H3;(H,6,7). The van der Waals surface area contributed by atoms with Gasteiger partial charge in [-0.15, -0.1) is 0 Å². The Hall–Kier alpha value is -2.36. The van der Waals surface area contributed by atoms with Crippen LogP contribution in [0.4, 0.5) is 13.2 Å². The number of carboxylic acid groups (broad SMARTS) is 1. The fourth-order valence-electron chi connectivity index (χ4n) is 3.88. The van der Waals surface area contributed by atoms with Gasteiger partial charge in [-0.05, 0) is 25.7 Å². The average molecular weight is 428 g/mol. The van der Waals surface area contributed by atoms with Crippen molar-refractivity contribution in [2.24, 2.45) is 5.92 Å². The van der Waals surface area contributed by atoms with Gasteiger partial charge >= 0.3 is 12.1 Å². The minimum atomic E-state index is -5.08. The predicted octanol–water partition coefficient (Wildman–Crippen LogP) is 2.63. The molecule has 0 bridgehead atoms. The molecule has 0 radical (unpaired) electrons. The van der Waals surface area contributed by atoms with Gasteiger partial charge in [0.15, 0.2) is 0 Å². The van der Waals surface area contributed by atoms with Crippen LogP contribution in [0.5, 0.6) is 0 Å². The van der Waals surface area contributed by atoms with Gasteiger partial charge in [0.1, 0.15) is 5.82 Å². The SMILES string of the molecule is CC1c2nc(CC(=O)N3CC=CC3)cn2CCN1CC1CCC1.O=C(O)C(F)(F)F. The molecule has 1 unspecified atom stereocenters. The summed E-state index contributed by atoms with van der Waals surface area (Å²) in [7, 11) is 0. The molecule has 30 heavy (non-hydrogen) atoms. The second-order valence-electron chi connectivity index (χ2n) is 8.00. The number of hydrogen-bond donors (Lipinski definition) is 1. The Labute approximate surface area is 173 Å². The highest BCUT2D eigenvalue weighted by Crippen LogP contribution is 2.32. The predicted molar refractivity (Wildman–Crippen MR) is 103 cm³/mol.